The summed E-state index contributed by atoms with van der Waals surface area (Å²) in [5.41, 5.74) is 2.79. The van der Waals surface area contributed by atoms with Gasteiger partial charge in [-0.15, -0.1) is 11.3 Å². The molecule has 2 aromatic carbocycles. The van der Waals surface area contributed by atoms with E-state index in [2.05, 4.69) is 0 Å². The van der Waals surface area contributed by atoms with Gasteiger partial charge in [0, 0.05) is 27.0 Å². The minimum Gasteiger partial charge on any atom is -0.503 e. The van der Waals surface area contributed by atoms with E-state index in [1.165, 1.54) is 23.3 Å². The van der Waals surface area contributed by atoms with Crippen LogP contribution in [0.2, 0.25) is 5.02 Å². The molecule has 1 aliphatic rings. The molecule has 34 heavy (non-hydrogen) atoms. The molecule has 4 aromatic rings. The van der Waals surface area contributed by atoms with Gasteiger partial charge in [-0.3, -0.25) is 14.5 Å². The van der Waals surface area contributed by atoms with Gasteiger partial charge in [-0.05, 0) is 60.7 Å². The highest BCUT2D eigenvalue weighted by atomic mass is 35.5. The minimum atomic E-state index is -0.791. The molecule has 1 aliphatic heterocycles. The summed E-state index contributed by atoms with van der Waals surface area (Å²) in [6.45, 7) is 3.83. The van der Waals surface area contributed by atoms with Crippen molar-refractivity contribution in [3.8, 4) is 5.75 Å². The number of fused-ring (bicyclic) bond motifs is 1. The predicted molar refractivity (Wildman–Crippen MR) is 132 cm³/mol. The number of aryl methyl sites for hydroxylation is 2. The van der Waals surface area contributed by atoms with Gasteiger partial charge in [-0.25, -0.2) is 0 Å². The third-order valence-corrected chi connectivity index (χ3v) is 7.16. The van der Waals surface area contributed by atoms with Crippen LogP contribution in [0.15, 0.2) is 69.7 Å². The number of hydrogen-bond donors (Lipinski definition) is 1. The van der Waals surface area contributed by atoms with Crippen LogP contribution in [0.25, 0.3) is 11.0 Å². The SMILES string of the molecule is COc1cc(Cl)cc2cc(C(=O)C3=C(O)C(=O)N(c4cccc(C)c4)C3c3sccc3C)oc12. The van der Waals surface area contributed by atoms with E-state index in [4.69, 9.17) is 20.8 Å². The Bertz CT molecular complexity index is 1500. The first kappa shape index (κ1) is 22.3. The van der Waals surface area contributed by atoms with Crippen molar-refractivity contribution in [2.24, 2.45) is 0 Å². The van der Waals surface area contributed by atoms with Crippen LogP contribution in [0.1, 0.15) is 32.6 Å². The summed E-state index contributed by atoms with van der Waals surface area (Å²) >= 11 is 7.59. The number of benzene rings is 2. The van der Waals surface area contributed by atoms with E-state index in [0.717, 1.165) is 16.0 Å². The maximum atomic E-state index is 13.8. The number of Topliss-reactive ketones (excluding diaryl/α,β-unsaturated/α-hetero) is 1. The van der Waals surface area contributed by atoms with Gasteiger partial charge < -0.3 is 14.3 Å². The minimum absolute atomic E-state index is 0.0183. The summed E-state index contributed by atoms with van der Waals surface area (Å²) in [6, 6.07) is 13.3. The van der Waals surface area contributed by atoms with Gasteiger partial charge in [0.1, 0.15) is 6.04 Å². The number of aliphatic hydroxyl groups is 1. The molecule has 1 amide bonds. The van der Waals surface area contributed by atoms with Gasteiger partial charge in [-0.2, -0.15) is 0 Å². The average molecular weight is 494 g/mol. The normalized spacial score (nSPS) is 16.1. The van der Waals surface area contributed by atoms with Crippen LogP contribution in [0, 0.1) is 13.8 Å². The Kier molecular flexibility index (Phi) is 5.46. The summed E-state index contributed by atoms with van der Waals surface area (Å²) in [5, 5.41) is 13.9. The molecular formula is C26H20ClNO5S. The smallest absolute Gasteiger partial charge is 0.294 e. The van der Waals surface area contributed by atoms with Crippen molar-refractivity contribution in [1.29, 1.82) is 0 Å². The number of anilines is 1. The van der Waals surface area contributed by atoms with Crippen molar-refractivity contribution in [2.75, 3.05) is 12.0 Å². The molecule has 0 spiro atoms. The van der Waals surface area contributed by atoms with E-state index in [1.54, 1.807) is 24.3 Å². The molecule has 1 atom stereocenters. The molecule has 0 bridgehead atoms. The molecule has 3 heterocycles. The number of halogens is 1. The maximum absolute atomic E-state index is 13.8. The topological polar surface area (TPSA) is 80.0 Å². The number of nitrogens with zero attached hydrogens (tertiary/aromatic N) is 1. The fraction of sp³-hybridized carbons (Fsp3) is 0.154. The molecule has 0 radical (unpaired) electrons. The summed E-state index contributed by atoms with van der Waals surface area (Å²) in [4.78, 5) is 29.3. The van der Waals surface area contributed by atoms with Crippen LogP contribution in [-0.4, -0.2) is 23.9 Å². The van der Waals surface area contributed by atoms with Gasteiger partial charge in [0.05, 0.1) is 12.7 Å². The van der Waals surface area contributed by atoms with E-state index < -0.39 is 23.5 Å². The zero-order valence-electron chi connectivity index (χ0n) is 18.6. The highest BCUT2D eigenvalue weighted by Gasteiger charge is 2.46. The first-order chi connectivity index (χ1) is 16.3. The molecule has 8 heteroatoms. The molecular weight excluding hydrogens is 474 g/mol. The Morgan fingerprint density at radius 3 is 2.65 bits per heavy atom. The van der Waals surface area contributed by atoms with Gasteiger partial charge in [0.25, 0.3) is 5.91 Å². The van der Waals surface area contributed by atoms with Gasteiger partial charge >= 0.3 is 0 Å². The number of rotatable bonds is 5. The van der Waals surface area contributed by atoms with E-state index in [0.29, 0.717) is 27.4 Å². The first-order valence-electron chi connectivity index (χ1n) is 10.5. The fourth-order valence-electron chi connectivity index (χ4n) is 4.28. The maximum Gasteiger partial charge on any atom is 0.294 e. The third-order valence-electron chi connectivity index (χ3n) is 5.87. The monoisotopic (exact) mass is 493 g/mol. The lowest BCUT2D eigenvalue weighted by molar-refractivity contribution is -0.117. The van der Waals surface area contributed by atoms with Crippen LogP contribution in [-0.2, 0) is 4.79 Å². The summed E-state index contributed by atoms with van der Waals surface area (Å²) < 4.78 is 11.2. The fourth-order valence-corrected chi connectivity index (χ4v) is 5.52. The van der Waals surface area contributed by atoms with Gasteiger partial charge in [-0.1, -0.05) is 23.7 Å². The number of carbonyl (C=O) groups is 2. The molecule has 0 saturated carbocycles. The van der Waals surface area contributed by atoms with Crippen LogP contribution in [0.5, 0.6) is 5.75 Å². The molecule has 0 saturated heterocycles. The predicted octanol–water partition coefficient (Wildman–Crippen LogP) is 6.56. The number of ether oxygens (including phenoxy) is 1. The molecule has 2 aromatic heterocycles. The van der Waals surface area contributed by atoms with Crippen LogP contribution >= 0.6 is 22.9 Å². The second kappa shape index (κ2) is 8.34. The Hall–Kier alpha value is -3.55. The largest absolute Gasteiger partial charge is 0.503 e. The van der Waals surface area contributed by atoms with Gasteiger partial charge in [0.2, 0.25) is 5.78 Å². The van der Waals surface area contributed by atoms with E-state index >= 15 is 0 Å². The van der Waals surface area contributed by atoms with Crippen molar-refractivity contribution in [1.82, 2.24) is 0 Å². The first-order valence-corrected chi connectivity index (χ1v) is 11.7. The van der Waals surface area contributed by atoms with Crippen molar-refractivity contribution in [2.45, 2.75) is 19.9 Å². The Labute approximate surface area is 204 Å². The zero-order chi connectivity index (χ0) is 24.1. The summed E-state index contributed by atoms with van der Waals surface area (Å²) in [5.74, 6) is -1.43. The van der Waals surface area contributed by atoms with Crippen molar-refractivity contribution < 1.29 is 23.8 Å². The molecule has 0 aliphatic carbocycles. The molecule has 5 rings (SSSR count). The van der Waals surface area contributed by atoms with E-state index in [-0.39, 0.29) is 11.3 Å². The number of aliphatic hydroxyl groups excluding tert-OH is 1. The number of carbonyl (C=O) groups excluding carboxylic acids is 2. The Balaban J connectivity index is 1.67. The number of ketones is 1. The van der Waals surface area contributed by atoms with Crippen LogP contribution in [0.4, 0.5) is 5.69 Å². The lowest BCUT2D eigenvalue weighted by atomic mass is 9.98. The second-order valence-corrected chi connectivity index (χ2v) is 9.50. The molecule has 1 N–H and O–H groups in total. The number of hydrogen-bond acceptors (Lipinski definition) is 6. The summed E-state index contributed by atoms with van der Waals surface area (Å²) in [7, 11) is 1.48. The van der Waals surface area contributed by atoms with Crippen molar-refractivity contribution in [3.63, 3.8) is 0 Å². The molecule has 6 nitrogen and oxygen atoms in total. The second-order valence-electron chi connectivity index (χ2n) is 8.11. The third kappa shape index (κ3) is 3.48. The molecule has 172 valence electrons. The lowest BCUT2D eigenvalue weighted by Gasteiger charge is -2.26. The highest BCUT2D eigenvalue weighted by molar-refractivity contribution is 7.10. The Morgan fingerprint density at radius 2 is 1.97 bits per heavy atom. The summed E-state index contributed by atoms with van der Waals surface area (Å²) in [6.07, 6.45) is 0. The number of amides is 1. The number of methoxy groups -OCH3 is 1. The highest BCUT2D eigenvalue weighted by Crippen LogP contribution is 2.45. The molecule has 1 unspecified atom stereocenters. The van der Waals surface area contributed by atoms with Crippen molar-refractivity contribution >= 4 is 51.3 Å². The van der Waals surface area contributed by atoms with E-state index in [9.17, 15) is 14.7 Å². The zero-order valence-corrected chi connectivity index (χ0v) is 20.2. The number of furan rings is 1. The average Bonchev–Trinajstić information content (AvgIpc) is 3.49. The quantitative estimate of drug-likeness (QED) is 0.318. The van der Waals surface area contributed by atoms with Gasteiger partial charge in [0.15, 0.2) is 22.9 Å². The van der Waals surface area contributed by atoms with Crippen LogP contribution < -0.4 is 9.64 Å². The Morgan fingerprint density at radius 1 is 1.18 bits per heavy atom. The van der Waals surface area contributed by atoms with Crippen molar-refractivity contribution in [3.05, 3.63) is 92.0 Å². The molecule has 0 fully saturated rings. The number of thiophene rings is 1. The standard InChI is InChI=1S/C26H20ClNO5S/c1-13-5-4-6-17(9-13)28-21(25-14(2)7-8-34-25)20(23(30)26(28)31)22(29)18-11-15-10-16(27)12-19(32-3)24(15)33-18/h4-12,21,30H,1-3H3. The van der Waals surface area contributed by atoms with Crippen LogP contribution in [0.3, 0.4) is 0 Å². The lowest BCUT2D eigenvalue weighted by Crippen LogP contribution is -2.31. The van der Waals surface area contributed by atoms with E-state index in [1.807, 2.05) is 43.5 Å².